The number of nitrogens with two attached hydrogens (primary N) is 1. The van der Waals surface area contributed by atoms with Gasteiger partial charge in [-0.1, -0.05) is 0 Å². The average Bonchev–Trinajstić information content (AvgIpc) is 2.48. The highest BCUT2D eigenvalue weighted by molar-refractivity contribution is 6.06. The number of amides is 2. The summed E-state index contributed by atoms with van der Waals surface area (Å²) < 4.78 is 13.1. The van der Waals surface area contributed by atoms with E-state index in [1.165, 1.54) is 35.4 Å². The molecule has 0 radical (unpaired) electrons. The van der Waals surface area contributed by atoms with Gasteiger partial charge in [-0.15, -0.1) is 0 Å². The first kappa shape index (κ1) is 16.5. The Kier molecular flexibility index (Phi) is 5.00. The van der Waals surface area contributed by atoms with Crippen LogP contribution in [0.2, 0.25) is 0 Å². The third-order valence-electron chi connectivity index (χ3n) is 3.30. The summed E-state index contributed by atoms with van der Waals surface area (Å²) in [6.45, 7) is 3.53. The van der Waals surface area contributed by atoms with Crippen molar-refractivity contribution in [1.29, 1.82) is 0 Å². The van der Waals surface area contributed by atoms with Crippen molar-refractivity contribution in [2.75, 3.05) is 11.4 Å². The number of primary amides is 1. The number of halogens is 1. The summed E-state index contributed by atoms with van der Waals surface area (Å²) in [5.41, 5.74) is 6.50. The molecule has 2 aromatic rings. The van der Waals surface area contributed by atoms with Crippen molar-refractivity contribution in [3.63, 3.8) is 0 Å². The molecule has 1 aromatic heterocycles. The summed E-state index contributed by atoms with van der Waals surface area (Å²) >= 11 is 0. The fraction of sp³-hybridized carbons (Fsp3) is 0.250. The molecule has 0 aliphatic carbocycles. The second kappa shape index (κ2) is 6.95. The van der Waals surface area contributed by atoms with Crippen molar-refractivity contribution in [2.45, 2.75) is 20.3 Å². The standard InChI is InChI=1S/C16H17FN4O2/c1-10-14(9-19-11(2)20-10)16(23)21(8-7-15(18)22)13-5-3-12(17)4-6-13/h3-6,9H,7-8H2,1-2H3,(H2,18,22). The molecule has 7 heteroatoms. The van der Waals surface area contributed by atoms with Gasteiger partial charge in [0.05, 0.1) is 11.3 Å². The molecule has 23 heavy (non-hydrogen) atoms. The molecule has 2 N–H and O–H groups in total. The van der Waals surface area contributed by atoms with E-state index in [1.807, 2.05) is 0 Å². The summed E-state index contributed by atoms with van der Waals surface area (Å²) in [4.78, 5) is 33.4. The van der Waals surface area contributed by atoms with Crippen LogP contribution in [0.5, 0.6) is 0 Å². The molecule has 120 valence electrons. The van der Waals surface area contributed by atoms with Crippen LogP contribution in [0.25, 0.3) is 0 Å². The number of carbonyl (C=O) groups is 2. The maximum absolute atomic E-state index is 13.1. The smallest absolute Gasteiger partial charge is 0.261 e. The number of hydrogen-bond donors (Lipinski definition) is 1. The first-order valence-corrected chi connectivity index (χ1v) is 7.04. The van der Waals surface area contributed by atoms with E-state index in [1.54, 1.807) is 13.8 Å². The number of aryl methyl sites for hydroxylation is 2. The van der Waals surface area contributed by atoms with Crippen LogP contribution in [0.3, 0.4) is 0 Å². The van der Waals surface area contributed by atoms with Gasteiger partial charge in [0.1, 0.15) is 11.6 Å². The van der Waals surface area contributed by atoms with Crippen LogP contribution in [0.1, 0.15) is 28.3 Å². The van der Waals surface area contributed by atoms with Crippen molar-refractivity contribution >= 4 is 17.5 Å². The molecule has 0 aliphatic rings. The van der Waals surface area contributed by atoms with Gasteiger partial charge in [-0.3, -0.25) is 9.59 Å². The third kappa shape index (κ3) is 4.09. The Bertz CT molecular complexity index is 731. The molecule has 0 fully saturated rings. The minimum absolute atomic E-state index is 0.00508. The zero-order valence-electron chi connectivity index (χ0n) is 12.9. The second-order valence-electron chi connectivity index (χ2n) is 5.07. The normalized spacial score (nSPS) is 10.4. The van der Waals surface area contributed by atoms with Crippen molar-refractivity contribution in [3.05, 3.63) is 53.4 Å². The van der Waals surface area contributed by atoms with Gasteiger partial charge in [0, 0.05) is 24.8 Å². The molecule has 0 spiro atoms. The number of nitrogens with zero attached hydrogens (tertiary/aromatic N) is 3. The van der Waals surface area contributed by atoms with Gasteiger partial charge in [0.2, 0.25) is 5.91 Å². The topological polar surface area (TPSA) is 89.2 Å². The molecule has 0 aliphatic heterocycles. The quantitative estimate of drug-likeness (QED) is 0.910. The van der Waals surface area contributed by atoms with Gasteiger partial charge >= 0.3 is 0 Å². The zero-order valence-corrected chi connectivity index (χ0v) is 12.9. The summed E-state index contributed by atoms with van der Waals surface area (Å²) in [7, 11) is 0. The van der Waals surface area contributed by atoms with Crippen LogP contribution in [-0.2, 0) is 4.79 Å². The van der Waals surface area contributed by atoms with E-state index in [-0.39, 0.29) is 18.9 Å². The molecule has 1 heterocycles. The lowest BCUT2D eigenvalue weighted by molar-refractivity contribution is -0.117. The molecular formula is C16H17FN4O2. The van der Waals surface area contributed by atoms with Crippen LogP contribution in [0.15, 0.2) is 30.5 Å². The van der Waals surface area contributed by atoms with E-state index in [9.17, 15) is 14.0 Å². The summed E-state index contributed by atoms with van der Waals surface area (Å²) in [6, 6.07) is 5.44. The molecule has 0 atom stereocenters. The molecule has 2 rings (SSSR count). The fourth-order valence-corrected chi connectivity index (χ4v) is 2.13. The molecule has 1 aromatic carbocycles. The predicted molar refractivity (Wildman–Crippen MR) is 83.4 cm³/mol. The molecule has 0 unspecified atom stereocenters. The zero-order chi connectivity index (χ0) is 17.0. The van der Waals surface area contributed by atoms with Gasteiger partial charge in [0.15, 0.2) is 0 Å². The molecule has 0 bridgehead atoms. The Balaban J connectivity index is 2.37. The highest BCUT2D eigenvalue weighted by Gasteiger charge is 2.21. The number of carbonyl (C=O) groups excluding carboxylic acids is 2. The van der Waals surface area contributed by atoms with Crippen LogP contribution in [0.4, 0.5) is 10.1 Å². The van der Waals surface area contributed by atoms with Gasteiger partial charge in [-0.2, -0.15) is 0 Å². The summed E-state index contributed by atoms with van der Waals surface area (Å²) in [5, 5.41) is 0. The number of rotatable bonds is 5. The maximum atomic E-state index is 13.1. The predicted octanol–water partition coefficient (Wildman–Crippen LogP) is 1.75. The molecule has 0 saturated heterocycles. The Morgan fingerprint density at radius 3 is 2.43 bits per heavy atom. The average molecular weight is 316 g/mol. The van der Waals surface area contributed by atoms with Crippen molar-refractivity contribution in [3.8, 4) is 0 Å². The van der Waals surface area contributed by atoms with E-state index in [2.05, 4.69) is 9.97 Å². The van der Waals surface area contributed by atoms with E-state index in [4.69, 9.17) is 5.73 Å². The van der Waals surface area contributed by atoms with Gasteiger partial charge in [-0.05, 0) is 38.1 Å². The molecule has 2 amide bonds. The first-order valence-electron chi connectivity index (χ1n) is 7.04. The fourth-order valence-electron chi connectivity index (χ4n) is 2.13. The van der Waals surface area contributed by atoms with Gasteiger partial charge < -0.3 is 10.6 Å². The van der Waals surface area contributed by atoms with Gasteiger partial charge in [-0.25, -0.2) is 14.4 Å². The first-order chi connectivity index (χ1) is 10.9. The Labute approximate surface area is 133 Å². The molecular weight excluding hydrogens is 299 g/mol. The number of aromatic nitrogens is 2. The monoisotopic (exact) mass is 316 g/mol. The molecule has 0 saturated carbocycles. The lowest BCUT2D eigenvalue weighted by atomic mass is 10.1. The van der Waals surface area contributed by atoms with E-state index < -0.39 is 11.7 Å². The highest BCUT2D eigenvalue weighted by atomic mass is 19.1. The van der Waals surface area contributed by atoms with Crippen molar-refractivity contribution in [2.24, 2.45) is 5.73 Å². The van der Waals surface area contributed by atoms with Gasteiger partial charge in [0.25, 0.3) is 5.91 Å². The number of anilines is 1. The molecule has 6 nitrogen and oxygen atoms in total. The van der Waals surface area contributed by atoms with Crippen LogP contribution in [-0.4, -0.2) is 28.3 Å². The van der Waals surface area contributed by atoms with Crippen molar-refractivity contribution in [1.82, 2.24) is 9.97 Å². The van der Waals surface area contributed by atoms with E-state index in [0.717, 1.165) is 0 Å². The third-order valence-corrected chi connectivity index (χ3v) is 3.30. The van der Waals surface area contributed by atoms with Crippen LogP contribution >= 0.6 is 0 Å². The summed E-state index contributed by atoms with van der Waals surface area (Å²) in [6.07, 6.45) is 1.44. The second-order valence-corrected chi connectivity index (χ2v) is 5.07. The van der Waals surface area contributed by atoms with Crippen LogP contribution < -0.4 is 10.6 Å². The Morgan fingerprint density at radius 1 is 1.22 bits per heavy atom. The highest BCUT2D eigenvalue weighted by Crippen LogP contribution is 2.19. The van der Waals surface area contributed by atoms with Crippen molar-refractivity contribution < 1.29 is 14.0 Å². The number of hydrogen-bond acceptors (Lipinski definition) is 4. The largest absolute Gasteiger partial charge is 0.370 e. The Hall–Kier alpha value is -2.83. The lowest BCUT2D eigenvalue weighted by Gasteiger charge is -2.23. The minimum atomic E-state index is -0.526. The van der Waals surface area contributed by atoms with Crippen LogP contribution in [0, 0.1) is 19.7 Å². The van der Waals surface area contributed by atoms with E-state index in [0.29, 0.717) is 22.8 Å². The SMILES string of the molecule is Cc1ncc(C(=O)N(CCC(N)=O)c2ccc(F)cc2)c(C)n1. The summed E-state index contributed by atoms with van der Waals surface area (Å²) in [5.74, 6) is -0.743. The minimum Gasteiger partial charge on any atom is -0.370 e. The number of benzene rings is 1. The lowest BCUT2D eigenvalue weighted by Crippen LogP contribution is -2.34. The Morgan fingerprint density at radius 2 is 1.87 bits per heavy atom. The maximum Gasteiger partial charge on any atom is 0.261 e. The van der Waals surface area contributed by atoms with E-state index >= 15 is 0 Å².